The highest BCUT2D eigenvalue weighted by atomic mass is 35.5. The number of aromatic nitrogens is 2. The molecule has 3 heterocycles. The van der Waals surface area contributed by atoms with Gasteiger partial charge in [0.2, 0.25) is 5.91 Å². The van der Waals surface area contributed by atoms with Crippen molar-refractivity contribution in [1.29, 1.82) is 0 Å². The summed E-state index contributed by atoms with van der Waals surface area (Å²) in [6.07, 6.45) is -6.96. The van der Waals surface area contributed by atoms with E-state index in [9.17, 15) is 32.3 Å². The molecule has 7 nitrogen and oxygen atoms in total. The van der Waals surface area contributed by atoms with Crippen LogP contribution in [0, 0.1) is 0 Å². The molecule has 0 unspecified atom stereocenters. The fraction of sp³-hybridized carbons (Fsp3) is 0.333. The van der Waals surface area contributed by atoms with E-state index in [4.69, 9.17) is 11.6 Å². The van der Waals surface area contributed by atoms with Crippen molar-refractivity contribution >= 4 is 23.6 Å². The highest BCUT2D eigenvalue weighted by Gasteiger charge is 2.37. The van der Waals surface area contributed by atoms with Crippen LogP contribution < -0.4 is 10.4 Å². The van der Waals surface area contributed by atoms with Gasteiger partial charge < -0.3 is 20.1 Å². The number of nitrogens with one attached hydrogen (secondary N) is 1. The number of pyridine rings is 2. The molecule has 0 radical (unpaired) electrons. The monoisotopic (exact) mass is 445 g/mol. The molecule has 2 aromatic heterocycles. The maximum Gasteiger partial charge on any atom is 0.433 e. The third-order valence-electron chi connectivity index (χ3n) is 4.46. The van der Waals surface area contributed by atoms with Gasteiger partial charge in [0, 0.05) is 24.7 Å². The Morgan fingerprint density at radius 1 is 1.30 bits per heavy atom. The number of halogens is 5. The zero-order valence-corrected chi connectivity index (χ0v) is 15.9. The van der Waals surface area contributed by atoms with Crippen LogP contribution in [0.5, 0.6) is 0 Å². The highest BCUT2D eigenvalue weighted by molar-refractivity contribution is 6.29. The molecule has 2 amide bonds. The number of hydrogen-bond acceptors (Lipinski definition) is 5. The number of carboxylic acid groups (broad SMARTS) is 1. The molecule has 12 heteroatoms. The number of carbonyl (C=O) groups is 2. The SMILES string of the molecule is O=C(NCc1cc(Cl)nc(-c2ccc(C(F)(F)F)nc2)c1)[C@@H]1C[C@@H](F)CN1C(=O)[O-]. The molecule has 1 aliphatic heterocycles. The van der Waals surface area contributed by atoms with Crippen molar-refractivity contribution in [3.63, 3.8) is 0 Å². The smallest absolute Gasteiger partial charge is 0.433 e. The van der Waals surface area contributed by atoms with Crippen molar-refractivity contribution in [2.45, 2.75) is 31.4 Å². The minimum atomic E-state index is -4.58. The zero-order chi connectivity index (χ0) is 22.1. The van der Waals surface area contributed by atoms with Crippen LogP contribution in [0.1, 0.15) is 17.7 Å². The van der Waals surface area contributed by atoms with Gasteiger partial charge in [-0.1, -0.05) is 11.6 Å². The van der Waals surface area contributed by atoms with Gasteiger partial charge in [0.05, 0.1) is 12.2 Å². The minimum absolute atomic E-state index is 0.0256. The number of carbonyl (C=O) groups excluding carboxylic acids is 2. The zero-order valence-electron chi connectivity index (χ0n) is 15.1. The number of alkyl halides is 4. The molecule has 0 aromatic carbocycles. The number of likely N-dealkylation sites (tertiary alicyclic amines) is 1. The number of rotatable bonds is 4. The van der Waals surface area contributed by atoms with Gasteiger partial charge in [-0.15, -0.1) is 0 Å². The van der Waals surface area contributed by atoms with Crippen molar-refractivity contribution < 1.29 is 32.3 Å². The second-order valence-corrected chi connectivity index (χ2v) is 6.99. The summed E-state index contributed by atoms with van der Waals surface area (Å²) in [6.45, 7) is -0.525. The Morgan fingerprint density at radius 3 is 2.63 bits per heavy atom. The van der Waals surface area contributed by atoms with Crippen LogP contribution in [0.2, 0.25) is 5.15 Å². The largest absolute Gasteiger partial charge is 0.530 e. The number of amides is 2. The summed E-state index contributed by atoms with van der Waals surface area (Å²) in [5, 5.41) is 13.6. The first-order valence-corrected chi connectivity index (χ1v) is 9.02. The minimum Gasteiger partial charge on any atom is -0.530 e. The van der Waals surface area contributed by atoms with E-state index >= 15 is 0 Å². The van der Waals surface area contributed by atoms with Crippen LogP contribution in [-0.2, 0) is 17.5 Å². The van der Waals surface area contributed by atoms with E-state index in [1.807, 2.05) is 0 Å². The van der Waals surface area contributed by atoms with E-state index < -0.39 is 42.6 Å². The molecule has 0 bridgehead atoms. The van der Waals surface area contributed by atoms with Crippen LogP contribution in [0.4, 0.5) is 22.4 Å². The molecular weight excluding hydrogens is 432 g/mol. The molecular formula is C18H14ClF4N4O3-. The normalized spacial score (nSPS) is 19.0. The lowest BCUT2D eigenvalue weighted by molar-refractivity contribution is -0.266. The van der Waals surface area contributed by atoms with Crippen molar-refractivity contribution in [2.24, 2.45) is 0 Å². The third kappa shape index (κ3) is 4.96. The Balaban J connectivity index is 1.73. The molecule has 1 aliphatic rings. The molecule has 1 N–H and O–H groups in total. The van der Waals surface area contributed by atoms with Crippen molar-refractivity contribution in [3.05, 3.63) is 46.9 Å². The Kier molecular flexibility index (Phi) is 6.11. The molecule has 1 saturated heterocycles. The van der Waals surface area contributed by atoms with Crippen LogP contribution in [0.3, 0.4) is 0 Å². The maximum absolute atomic E-state index is 13.5. The second kappa shape index (κ2) is 8.42. The van der Waals surface area contributed by atoms with Crippen LogP contribution in [0.15, 0.2) is 30.5 Å². The van der Waals surface area contributed by atoms with Crippen LogP contribution in [0.25, 0.3) is 11.3 Å². The lowest BCUT2D eigenvalue weighted by Crippen LogP contribution is -2.50. The van der Waals surface area contributed by atoms with E-state index in [-0.39, 0.29) is 29.4 Å². The molecule has 2 aromatic rings. The molecule has 0 saturated carbocycles. The van der Waals surface area contributed by atoms with Gasteiger partial charge in [0.15, 0.2) is 0 Å². The average molecular weight is 446 g/mol. The standard InChI is InChI=1S/C18H15ClF4N4O3/c19-15-4-9(6-25-16(28)13-5-11(20)8-27(13)17(29)30)3-12(26-15)10-1-2-14(24-7-10)18(21,22)23/h1-4,7,11,13H,5-6,8H2,(H,25,28)(H,29,30)/p-1/t11-,13+/m1/s1. The van der Waals surface area contributed by atoms with Gasteiger partial charge in [-0.25, -0.2) is 9.37 Å². The van der Waals surface area contributed by atoms with Crippen molar-refractivity contribution in [2.75, 3.05) is 6.54 Å². The molecule has 0 spiro atoms. The summed E-state index contributed by atoms with van der Waals surface area (Å²) in [7, 11) is 0. The predicted octanol–water partition coefficient (Wildman–Crippen LogP) is 2.19. The topological polar surface area (TPSA) is 98.2 Å². The fourth-order valence-corrected chi connectivity index (χ4v) is 3.29. The quantitative estimate of drug-likeness (QED) is 0.574. The summed E-state index contributed by atoms with van der Waals surface area (Å²) in [6, 6.07) is 3.70. The third-order valence-corrected chi connectivity index (χ3v) is 4.65. The van der Waals surface area contributed by atoms with Gasteiger partial charge in [0.1, 0.15) is 29.2 Å². The Morgan fingerprint density at radius 2 is 2.03 bits per heavy atom. The van der Waals surface area contributed by atoms with Crippen molar-refractivity contribution in [3.8, 4) is 11.3 Å². The molecule has 160 valence electrons. The fourth-order valence-electron chi connectivity index (χ4n) is 3.05. The highest BCUT2D eigenvalue weighted by Crippen LogP contribution is 2.29. The van der Waals surface area contributed by atoms with E-state index in [0.29, 0.717) is 10.5 Å². The second-order valence-electron chi connectivity index (χ2n) is 6.60. The lowest BCUT2D eigenvalue weighted by atomic mass is 10.1. The van der Waals surface area contributed by atoms with Gasteiger partial charge in [0.25, 0.3) is 0 Å². The molecule has 30 heavy (non-hydrogen) atoms. The molecule has 0 aliphatic carbocycles. The first-order valence-electron chi connectivity index (χ1n) is 8.64. The first-order chi connectivity index (χ1) is 14.0. The Bertz CT molecular complexity index is 955. The van der Waals surface area contributed by atoms with Gasteiger partial charge in [-0.2, -0.15) is 13.2 Å². The van der Waals surface area contributed by atoms with Crippen molar-refractivity contribution in [1.82, 2.24) is 20.2 Å². The summed E-state index contributed by atoms with van der Waals surface area (Å²) in [4.78, 5) is 31.3. The van der Waals surface area contributed by atoms with E-state index in [1.165, 1.54) is 18.2 Å². The molecule has 2 atom stereocenters. The van der Waals surface area contributed by atoms with Gasteiger partial charge in [-0.05, 0) is 29.8 Å². The Labute approximate surface area is 172 Å². The van der Waals surface area contributed by atoms with Gasteiger partial charge >= 0.3 is 6.18 Å². The lowest BCUT2D eigenvalue weighted by Gasteiger charge is -2.25. The van der Waals surface area contributed by atoms with Crippen LogP contribution >= 0.6 is 11.6 Å². The molecule has 3 rings (SSSR count). The Hall–Kier alpha value is -2.95. The summed E-state index contributed by atoms with van der Waals surface area (Å²) in [5.41, 5.74) is -0.0969. The molecule has 1 fully saturated rings. The van der Waals surface area contributed by atoms with Gasteiger partial charge in [-0.3, -0.25) is 9.78 Å². The number of hydrogen-bond donors (Lipinski definition) is 1. The van der Waals surface area contributed by atoms with Crippen LogP contribution in [-0.4, -0.2) is 45.6 Å². The predicted molar refractivity (Wildman–Crippen MR) is 94.7 cm³/mol. The van der Waals surface area contributed by atoms with E-state index in [0.717, 1.165) is 12.3 Å². The first kappa shape index (κ1) is 21.8. The summed E-state index contributed by atoms with van der Waals surface area (Å²) >= 11 is 5.96. The summed E-state index contributed by atoms with van der Waals surface area (Å²) in [5.74, 6) is -0.704. The average Bonchev–Trinajstić information content (AvgIpc) is 3.07. The van der Waals surface area contributed by atoms with E-state index in [1.54, 1.807) is 0 Å². The summed E-state index contributed by atoms with van der Waals surface area (Å²) < 4.78 is 51.4. The number of nitrogens with zero attached hydrogens (tertiary/aromatic N) is 3. The van der Waals surface area contributed by atoms with E-state index in [2.05, 4.69) is 15.3 Å². The maximum atomic E-state index is 13.5.